The van der Waals surface area contributed by atoms with Crippen LogP contribution in [-0.4, -0.2) is 12.3 Å². The molecule has 0 aliphatic heterocycles. The smallest absolute Gasteiger partial charge is 0.0178 e. The number of hydrogen-bond donors (Lipinski definition) is 0. The molecule has 1 rings (SSSR count). The molecule has 8 heavy (non-hydrogen) atoms. The Labute approximate surface area is 55.3 Å². The normalized spacial score (nSPS) is 26.2. The Hall–Kier alpha value is 0.860. The minimum absolute atomic E-state index is 0.315. The minimum atomic E-state index is 0.315. The molecule has 2 heteroatoms. The second kappa shape index (κ2) is 3.14. The summed E-state index contributed by atoms with van der Waals surface area (Å²) in [5.41, 5.74) is 1.09. The SMILES string of the molecule is CP(P)C1CCCC1. The van der Waals surface area contributed by atoms with Gasteiger partial charge in [0.25, 0.3) is 0 Å². The van der Waals surface area contributed by atoms with E-state index in [2.05, 4.69) is 15.6 Å². The first-order valence-corrected chi connectivity index (χ1v) is 6.76. The molecule has 0 N–H and O–H groups in total. The fraction of sp³-hybridized carbons (Fsp3) is 1.00. The highest BCUT2D eigenvalue weighted by atomic mass is 32.0. The van der Waals surface area contributed by atoms with Gasteiger partial charge >= 0.3 is 0 Å². The molecule has 0 aromatic carbocycles. The van der Waals surface area contributed by atoms with Crippen LogP contribution in [0.4, 0.5) is 0 Å². The van der Waals surface area contributed by atoms with E-state index in [-0.39, 0.29) is 0 Å². The van der Waals surface area contributed by atoms with Crippen molar-refractivity contribution in [2.45, 2.75) is 31.3 Å². The van der Waals surface area contributed by atoms with Crippen LogP contribution in [0.5, 0.6) is 0 Å². The lowest BCUT2D eigenvalue weighted by molar-refractivity contribution is 0.886. The Morgan fingerprint density at radius 1 is 1.38 bits per heavy atom. The van der Waals surface area contributed by atoms with Crippen LogP contribution >= 0.6 is 16.5 Å². The monoisotopic (exact) mass is 148 g/mol. The van der Waals surface area contributed by atoms with Crippen LogP contribution in [0.25, 0.3) is 0 Å². The molecule has 1 saturated carbocycles. The summed E-state index contributed by atoms with van der Waals surface area (Å²) in [5.74, 6) is 0. The topological polar surface area (TPSA) is 0 Å². The summed E-state index contributed by atoms with van der Waals surface area (Å²) >= 11 is 0. The van der Waals surface area contributed by atoms with Crippen LogP contribution in [0.3, 0.4) is 0 Å². The van der Waals surface area contributed by atoms with Crippen molar-refractivity contribution < 1.29 is 0 Å². The van der Waals surface area contributed by atoms with Crippen molar-refractivity contribution in [2.75, 3.05) is 6.66 Å². The van der Waals surface area contributed by atoms with Crippen LogP contribution in [0.15, 0.2) is 0 Å². The summed E-state index contributed by atoms with van der Waals surface area (Å²) in [6, 6.07) is 0. The fourth-order valence-electron chi connectivity index (χ4n) is 1.31. The zero-order chi connectivity index (χ0) is 5.98. The summed E-state index contributed by atoms with van der Waals surface area (Å²) in [6.45, 7) is 2.37. The van der Waals surface area contributed by atoms with Crippen molar-refractivity contribution >= 4 is 16.5 Å². The van der Waals surface area contributed by atoms with E-state index in [9.17, 15) is 0 Å². The molecule has 0 aromatic heterocycles. The van der Waals surface area contributed by atoms with E-state index in [1.165, 1.54) is 25.7 Å². The molecule has 0 bridgehead atoms. The molecule has 2 atom stereocenters. The molecule has 0 nitrogen and oxygen atoms in total. The molecule has 0 amide bonds. The molecule has 0 aromatic rings. The molecular formula is C6H14P2. The van der Waals surface area contributed by atoms with Gasteiger partial charge in [-0.15, -0.1) is 8.93 Å². The average Bonchev–Trinajstić information content (AvgIpc) is 2.12. The van der Waals surface area contributed by atoms with Crippen molar-refractivity contribution in [2.24, 2.45) is 0 Å². The zero-order valence-corrected chi connectivity index (χ0v) is 7.48. The van der Waals surface area contributed by atoms with Gasteiger partial charge in [-0.25, -0.2) is 0 Å². The van der Waals surface area contributed by atoms with Crippen LogP contribution in [0.1, 0.15) is 25.7 Å². The average molecular weight is 148 g/mol. The summed E-state index contributed by atoms with van der Waals surface area (Å²) < 4.78 is 0. The maximum Gasteiger partial charge on any atom is -0.0178 e. The highest BCUT2D eigenvalue weighted by Crippen LogP contribution is 2.51. The Balaban J connectivity index is 2.24. The van der Waals surface area contributed by atoms with Gasteiger partial charge in [0.05, 0.1) is 0 Å². The highest BCUT2D eigenvalue weighted by Gasteiger charge is 2.17. The maximum absolute atomic E-state index is 2.97. The van der Waals surface area contributed by atoms with E-state index in [0.717, 1.165) is 5.66 Å². The Kier molecular flexibility index (Phi) is 2.73. The molecule has 1 aliphatic carbocycles. The van der Waals surface area contributed by atoms with Crippen LogP contribution in [-0.2, 0) is 0 Å². The second-order valence-electron chi connectivity index (χ2n) is 2.60. The van der Waals surface area contributed by atoms with Crippen molar-refractivity contribution in [1.82, 2.24) is 0 Å². The first-order valence-electron chi connectivity index (χ1n) is 3.28. The summed E-state index contributed by atoms with van der Waals surface area (Å²) in [7, 11) is 3.28. The molecule has 2 unspecified atom stereocenters. The van der Waals surface area contributed by atoms with Gasteiger partial charge in [0.1, 0.15) is 0 Å². The Bertz CT molecular complexity index is 64.9. The second-order valence-corrected chi connectivity index (χ2v) is 7.11. The van der Waals surface area contributed by atoms with E-state index in [4.69, 9.17) is 0 Å². The first-order chi connectivity index (χ1) is 3.80. The molecule has 48 valence electrons. The third-order valence-corrected chi connectivity index (χ3v) is 4.83. The largest absolute Gasteiger partial charge is 0.111 e. The van der Waals surface area contributed by atoms with Crippen LogP contribution in [0, 0.1) is 0 Å². The quantitative estimate of drug-likeness (QED) is 0.501. The van der Waals surface area contributed by atoms with Gasteiger partial charge in [0.15, 0.2) is 0 Å². The number of rotatable bonds is 1. The first kappa shape index (κ1) is 6.97. The standard InChI is InChI=1S/C6H14P2/c1-8(7)6-4-2-3-5-6/h6H,2-5,7H2,1H3. The van der Waals surface area contributed by atoms with Gasteiger partial charge in [-0.05, 0) is 25.2 Å². The molecule has 0 radical (unpaired) electrons. The third-order valence-electron chi connectivity index (χ3n) is 1.90. The predicted octanol–water partition coefficient (Wildman–Crippen LogP) is 2.83. The summed E-state index contributed by atoms with van der Waals surface area (Å²) in [5, 5.41) is 0. The van der Waals surface area contributed by atoms with E-state index in [1.807, 2.05) is 0 Å². The lowest BCUT2D eigenvalue weighted by Gasteiger charge is -2.12. The highest BCUT2D eigenvalue weighted by molar-refractivity contribution is 8.13. The molecule has 1 fully saturated rings. The number of hydrogen-bond acceptors (Lipinski definition) is 0. The van der Waals surface area contributed by atoms with E-state index < -0.39 is 0 Å². The van der Waals surface area contributed by atoms with E-state index in [0.29, 0.717) is 7.61 Å². The summed E-state index contributed by atoms with van der Waals surface area (Å²) in [4.78, 5) is 0. The van der Waals surface area contributed by atoms with Gasteiger partial charge in [0.2, 0.25) is 0 Å². The van der Waals surface area contributed by atoms with E-state index >= 15 is 0 Å². The van der Waals surface area contributed by atoms with Crippen molar-refractivity contribution in [1.29, 1.82) is 0 Å². The fourth-order valence-corrected chi connectivity index (χ4v) is 3.39. The Morgan fingerprint density at radius 2 is 1.88 bits per heavy atom. The third kappa shape index (κ3) is 1.67. The minimum Gasteiger partial charge on any atom is -0.111 e. The Morgan fingerprint density at radius 3 is 2.12 bits per heavy atom. The molecular weight excluding hydrogens is 134 g/mol. The molecule has 0 spiro atoms. The molecule has 0 saturated heterocycles. The van der Waals surface area contributed by atoms with Gasteiger partial charge in [-0.3, -0.25) is 0 Å². The van der Waals surface area contributed by atoms with Gasteiger partial charge in [-0.1, -0.05) is 20.5 Å². The van der Waals surface area contributed by atoms with Gasteiger partial charge in [0, 0.05) is 0 Å². The van der Waals surface area contributed by atoms with Gasteiger partial charge in [-0.2, -0.15) is 0 Å². The summed E-state index contributed by atoms with van der Waals surface area (Å²) in [6.07, 6.45) is 5.99. The van der Waals surface area contributed by atoms with Gasteiger partial charge < -0.3 is 0 Å². The molecule has 1 aliphatic rings. The molecule has 0 heterocycles. The lowest BCUT2D eigenvalue weighted by Crippen LogP contribution is -1.91. The predicted molar refractivity (Wildman–Crippen MR) is 44.8 cm³/mol. The zero-order valence-electron chi connectivity index (χ0n) is 5.43. The van der Waals surface area contributed by atoms with Crippen molar-refractivity contribution in [3.8, 4) is 0 Å². The lowest BCUT2D eigenvalue weighted by atomic mass is 10.4. The van der Waals surface area contributed by atoms with Crippen molar-refractivity contribution in [3.05, 3.63) is 0 Å². The van der Waals surface area contributed by atoms with Crippen LogP contribution in [0.2, 0.25) is 0 Å². The maximum atomic E-state index is 2.97. The van der Waals surface area contributed by atoms with Crippen LogP contribution < -0.4 is 0 Å². The van der Waals surface area contributed by atoms with E-state index in [1.54, 1.807) is 0 Å². The van der Waals surface area contributed by atoms with Crippen molar-refractivity contribution in [3.63, 3.8) is 0 Å².